The lowest BCUT2D eigenvalue weighted by Crippen LogP contribution is -2.10. The summed E-state index contributed by atoms with van der Waals surface area (Å²) in [7, 11) is 1.66. The van der Waals surface area contributed by atoms with E-state index in [1.807, 2.05) is 49.4 Å². The van der Waals surface area contributed by atoms with Crippen LogP contribution in [0.25, 0.3) is 0 Å². The lowest BCUT2D eigenvalue weighted by molar-refractivity contribution is 0.413. The van der Waals surface area contributed by atoms with Crippen LogP contribution >= 0.6 is 11.8 Å². The van der Waals surface area contributed by atoms with E-state index in [-0.39, 0.29) is 5.84 Å². The fourth-order valence-electron chi connectivity index (χ4n) is 1.72. The summed E-state index contributed by atoms with van der Waals surface area (Å²) in [6, 6.07) is 13.8. The Bertz CT molecular complexity index is 611. The zero-order chi connectivity index (χ0) is 13.8. The summed E-state index contributed by atoms with van der Waals surface area (Å²) >= 11 is 1.67. The number of nitrogen functional groups attached to an aromatic ring is 1. The summed E-state index contributed by atoms with van der Waals surface area (Å²) in [5.74, 6) is 0.948. The standard InChI is InChI=1S/C15H16N2OS/c1-10-8-11(15(16)17)6-7-14(10)19-13-5-3-4-12(9-13)18-2/h3-9H,1-2H3,(H3,16,17). The third-order valence-electron chi connectivity index (χ3n) is 2.75. The zero-order valence-corrected chi connectivity index (χ0v) is 11.8. The smallest absolute Gasteiger partial charge is 0.122 e. The molecule has 3 N–H and O–H groups in total. The third kappa shape index (κ3) is 3.29. The molecule has 4 heteroatoms. The average molecular weight is 272 g/mol. The molecular formula is C15H16N2OS. The highest BCUT2D eigenvalue weighted by atomic mass is 32.2. The maximum atomic E-state index is 7.43. The quantitative estimate of drug-likeness (QED) is 0.662. The Kier molecular flexibility index (Phi) is 4.12. The molecule has 0 spiro atoms. The lowest BCUT2D eigenvalue weighted by atomic mass is 10.1. The van der Waals surface area contributed by atoms with Crippen LogP contribution in [-0.4, -0.2) is 12.9 Å². The van der Waals surface area contributed by atoms with Crippen LogP contribution in [0.1, 0.15) is 11.1 Å². The fourth-order valence-corrected chi connectivity index (χ4v) is 2.65. The van der Waals surface area contributed by atoms with Gasteiger partial charge in [0.25, 0.3) is 0 Å². The molecule has 0 bridgehead atoms. The summed E-state index contributed by atoms with van der Waals surface area (Å²) < 4.78 is 5.22. The van der Waals surface area contributed by atoms with E-state index < -0.39 is 0 Å². The van der Waals surface area contributed by atoms with Crippen LogP contribution in [-0.2, 0) is 0 Å². The van der Waals surface area contributed by atoms with Gasteiger partial charge in [0.05, 0.1) is 7.11 Å². The highest BCUT2D eigenvalue weighted by Crippen LogP contribution is 2.32. The average Bonchev–Trinajstić information content (AvgIpc) is 2.41. The molecule has 3 nitrogen and oxygen atoms in total. The van der Waals surface area contributed by atoms with Gasteiger partial charge < -0.3 is 10.5 Å². The number of nitrogens with two attached hydrogens (primary N) is 1. The minimum atomic E-state index is 0.0982. The molecule has 0 radical (unpaired) electrons. The van der Waals surface area contributed by atoms with Gasteiger partial charge in [-0.3, -0.25) is 5.41 Å². The maximum Gasteiger partial charge on any atom is 0.122 e. The molecule has 0 amide bonds. The van der Waals surface area contributed by atoms with Crippen molar-refractivity contribution < 1.29 is 4.74 Å². The van der Waals surface area contributed by atoms with Crippen LogP contribution < -0.4 is 10.5 Å². The monoisotopic (exact) mass is 272 g/mol. The first-order chi connectivity index (χ1) is 9.10. The fraction of sp³-hybridized carbons (Fsp3) is 0.133. The van der Waals surface area contributed by atoms with E-state index in [9.17, 15) is 0 Å². The van der Waals surface area contributed by atoms with Crippen molar-refractivity contribution in [2.75, 3.05) is 7.11 Å². The molecule has 0 aliphatic carbocycles. The van der Waals surface area contributed by atoms with Gasteiger partial charge in [0.2, 0.25) is 0 Å². The van der Waals surface area contributed by atoms with Gasteiger partial charge >= 0.3 is 0 Å². The summed E-state index contributed by atoms with van der Waals surface area (Å²) in [5.41, 5.74) is 7.35. The summed E-state index contributed by atoms with van der Waals surface area (Å²) in [4.78, 5) is 2.27. The first-order valence-electron chi connectivity index (χ1n) is 5.87. The Hall–Kier alpha value is -1.94. The van der Waals surface area contributed by atoms with Gasteiger partial charge in [-0.05, 0) is 42.8 Å². The Morgan fingerprint density at radius 1 is 1.21 bits per heavy atom. The van der Waals surface area contributed by atoms with Crippen LogP contribution in [0.15, 0.2) is 52.3 Å². The van der Waals surface area contributed by atoms with Crippen LogP contribution in [0.4, 0.5) is 0 Å². The number of amidine groups is 1. The summed E-state index contributed by atoms with van der Waals surface area (Å²) in [6.45, 7) is 2.02. The summed E-state index contributed by atoms with van der Waals surface area (Å²) in [5, 5.41) is 7.43. The number of rotatable bonds is 4. The molecule has 2 aromatic rings. The predicted octanol–water partition coefficient (Wildman–Crippen LogP) is 3.44. The lowest BCUT2D eigenvalue weighted by Gasteiger charge is -2.08. The van der Waals surface area contributed by atoms with Gasteiger partial charge in [-0.1, -0.05) is 23.9 Å². The van der Waals surface area contributed by atoms with Gasteiger partial charge in [0.1, 0.15) is 11.6 Å². The van der Waals surface area contributed by atoms with Crippen molar-refractivity contribution in [2.24, 2.45) is 5.73 Å². The molecule has 0 fully saturated rings. The number of methoxy groups -OCH3 is 1. The number of benzene rings is 2. The van der Waals surface area contributed by atoms with Crippen LogP contribution in [0.3, 0.4) is 0 Å². The van der Waals surface area contributed by atoms with Gasteiger partial charge in [-0.2, -0.15) is 0 Å². The van der Waals surface area contributed by atoms with Crippen LogP contribution in [0.2, 0.25) is 0 Å². The van der Waals surface area contributed by atoms with Crippen molar-refractivity contribution in [3.8, 4) is 5.75 Å². The third-order valence-corrected chi connectivity index (χ3v) is 3.92. The molecule has 0 unspecified atom stereocenters. The Labute approximate surface area is 117 Å². The molecule has 19 heavy (non-hydrogen) atoms. The van der Waals surface area contributed by atoms with Crippen molar-refractivity contribution in [1.82, 2.24) is 0 Å². The van der Waals surface area contributed by atoms with Crippen LogP contribution in [0, 0.1) is 12.3 Å². The number of aryl methyl sites for hydroxylation is 1. The Morgan fingerprint density at radius 3 is 2.63 bits per heavy atom. The second kappa shape index (κ2) is 5.80. The van der Waals surface area contributed by atoms with Gasteiger partial charge in [0.15, 0.2) is 0 Å². The van der Waals surface area contributed by atoms with Crippen molar-refractivity contribution in [3.05, 3.63) is 53.6 Å². The molecule has 0 saturated carbocycles. The van der Waals surface area contributed by atoms with E-state index >= 15 is 0 Å². The Balaban J connectivity index is 2.25. The van der Waals surface area contributed by atoms with Gasteiger partial charge in [-0.25, -0.2) is 0 Å². The molecule has 98 valence electrons. The highest BCUT2D eigenvalue weighted by molar-refractivity contribution is 7.99. The molecule has 2 aromatic carbocycles. The van der Waals surface area contributed by atoms with Crippen molar-refractivity contribution in [3.63, 3.8) is 0 Å². The van der Waals surface area contributed by atoms with Crippen molar-refractivity contribution in [1.29, 1.82) is 5.41 Å². The SMILES string of the molecule is COc1cccc(Sc2ccc(C(=N)N)cc2C)c1. The second-order valence-electron chi connectivity index (χ2n) is 4.17. The minimum absolute atomic E-state index is 0.0982. The number of ether oxygens (including phenoxy) is 1. The molecule has 0 heterocycles. The van der Waals surface area contributed by atoms with E-state index in [1.165, 1.54) is 0 Å². The van der Waals surface area contributed by atoms with Crippen molar-refractivity contribution >= 4 is 17.6 Å². The minimum Gasteiger partial charge on any atom is -0.497 e. The molecule has 0 atom stereocenters. The van der Waals surface area contributed by atoms with E-state index in [0.717, 1.165) is 26.7 Å². The van der Waals surface area contributed by atoms with E-state index in [4.69, 9.17) is 15.9 Å². The molecule has 0 aliphatic heterocycles. The summed E-state index contributed by atoms with van der Waals surface area (Å²) in [6.07, 6.45) is 0. The predicted molar refractivity (Wildman–Crippen MR) is 79.3 cm³/mol. The normalized spacial score (nSPS) is 10.2. The zero-order valence-electron chi connectivity index (χ0n) is 10.9. The number of nitrogens with one attached hydrogen (secondary N) is 1. The Morgan fingerprint density at radius 2 is 2.00 bits per heavy atom. The molecule has 0 aromatic heterocycles. The van der Waals surface area contributed by atoms with E-state index in [2.05, 4.69) is 0 Å². The van der Waals surface area contributed by atoms with Gasteiger partial charge in [-0.15, -0.1) is 0 Å². The molecule has 0 saturated heterocycles. The molecular weight excluding hydrogens is 256 g/mol. The second-order valence-corrected chi connectivity index (χ2v) is 5.29. The first kappa shape index (κ1) is 13.5. The van der Waals surface area contributed by atoms with E-state index in [1.54, 1.807) is 18.9 Å². The van der Waals surface area contributed by atoms with Crippen LogP contribution in [0.5, 0.6) is 5.75 Å². The van der Waals surface area contributed by atoms with E-state index in [0.29, 0.717) is 0 Å². The molecule has 0 aliphatic rings. The number of hydrogen-bond donors (Lipinski definition) is 2. The van der Waals surface area contributed by atoms with Crippen molar-refractivity contribution in [2.45, 2.75) is 16.7 Å². The topological polar surface area (TPSA) is 59.1 Å². The van der Waals surface area contributed by atoms with Gasteiger partial charge in [0, 0.05) is 15.4 Å². The molecule has 2 rings (SSSR count). The number of hydrogen-bond acceptors (Lipinski definition) is 3. The largest absolute Gasteiger partial charge is 0.497 e. The maximum absolute atomic E-state index is 7.43. The highest BCUT2D eigenvalue weighted by Gasteiger charge is 2.05. The first-order valence-corrected chi connectivity index (χ1v) is 6.69.